The minimum absolute atomic E-state index is 0.120. The normalized spacial score (nSPS) is 11.9. The largest absolute Gasteiger partial charge is 0.218 e. The van der Waals surface area contributed by atoms with E-state index in [0.717, 1.165) is 10.9 Å². The molecule has 21 heavy (non-hydrogen) atoms. The Kier molecular flexibility index (Phi) is 4.94. The Balaban J connectivity index is 2.44. The van der Waals surface area contributed by atoms with Crippen molar-refractivity contribution < 1.29 is 8.42 Å². The lowest BCUT2D eigenvalue weighted by Crippen LogP contribution is -2.03. The molecule has 0 radical (unpaired) electrons. The second-order valence-electron chi connectivity index (χ2n) is 4.31. The smallest absolute Gasteiger partial charge is 0.216 e. The van der Waals surface area contributed by atoms with Crippen molar-refractivity contribution in [1.29, 1.82) is 5.26 Å². The van der Waals surface area contributed by atoms with E-state index in [-0.39, 0.29) is 9.80 Å². The first kappa shape index (κ1) is 15.5. The first-order valence-electron chi connectivity index (χ1n) is 6.15. The third-order valence-electron chi connectivity index (χ3n) is 2.88. The summed E-state index contributed by atoms with van der Waals surface area (Å²) in [7, 11) is -3.77. The molecule has 0 aromatic heterocycles. The van der Waals surface area contributed by atoms with Gasteiger partial charge in [-0.15, -0.1) is 0 Å². The van der Waals surface area contributed by atoms with E-state index >= 15 is 0 Å². The molecule has 106 valence electrons. The molecule has 2 aromatic rings. The molecule has 0 aliphatic carbocycles. The Morgan fingerprint density at radius 1 is 1.10 bits per heavy atom. The zero-order chi connectivity index (χ0) is 15.3. The summed E-state index contributed by atoms with van der Waals surface area (Å²) >= 11 is 3.35. The van der Waals surface area contributed by atoms with Crippen LogP contribution in [-0.2, 0) is 15.2 Å². The number of benzene rings is 2. The van der Waals surface area contributed by atoms with Crippen LogP contribution in [0.2, 0.25) is 0 Å². The summed E-state index contributed by atoms with van der Waals surface area (Å²) in [6.45, 7) is 0. The van der Waals surface area contributed by atoms with Crippen molar-refractivity contribution in [3.05, 3.63) is 70.6 Å². The number of sulfone groups is 1. The van der Waals surface area contributed by atoms with Crippen LogP contribution < -0.4 is 0 Å². The highest BCUT2D eigenvalue weighted by Gasteiger charge is 2.20. The number of alkyl halides is 1. The molecule has 0 heterocycles. The molecule has 0 bridgehead atoms. The van der Waals surface area contributed by atoms with E-state index in [2.05, 4.69) is 15.9 Å². The SMILES string of the molecule is N#C/C(=C\c1ccc(CBr)cc1)S(=O)(=O)c1ccccc1. The van der Waals surface area contributed by atoms with Crippen LogP contribution in [0.15, 0.2) is 64.4 Å². The van der Waals surface area contributed by atoms with Gasteiger partial charge in [-0.3, -0.25) is 0 Å². The van der Waals surface area contributed by atoms with Crippen molar-refractivity contribution in [1.82, 2.24) is 0 Å². The molecular formula is C16H12BrNO2S. The van der Waals surface area contributed by atoms with Crippen molar-refractivity contribution in [2.75, 3.05) is 0 Å². The molecule has 2 aromatic carbocycles. The molecule has 0 aliphatic rings. The van der Waals surface area contributed by atoms with E-state index in [1.54, 1.807) is 36.4 Å². The second-order valence-corrected chi connectivity index (χ2v) is 6.79. The molecule has 0 N–H and O–H groups in total. The zero-order valence-electron chi connectivity index (χ0n) is 11.0. The topological polar surface area (TPSA) is 57.9 Å². The molecule has 2 rings (SSSR count). The lowest BCUT2D eigenvalue weighted by molar-refractivity contribution is 0.603. The highest BCUT2D eigenvalue weighted by Crippen LogP contribution is 2.21. The van der Waals surface area contributed by atoms with Gasteiger partial charge in [0, 0.05) is 5.33 Å². The standard InChI is InChI=1S/C16H12BrNO2S/c17-11-14-8-6-13(7-9-14)10-16(12-18)21(19,20)15-4-2-1-3-5-15/h1-10H,11H2/b16-10+. The maximum absolute atomic E-state index is 12.4. The van der Waals surface area contributed by atoms with Gasteiger partial charge < -0.3 is 0 Å². The third kappa shape index (κ3) is 3.60. The van der Waals surface area contributed by atoms with Crippen molar-refractivity contribution in [3.8, 4) is 6.07 Å². The van der Waals surface area contributed by atoms with Crippen LogP contribution in [0.4, 0.5) is 0 Å². The van der Waals surface area contributed by atoms with Crippen molar-refractivity contribution in [2.24, 2.45) is 0 Å². The van der Waals surface area contributed by atoms with Crippen LogP contribution in [-0.4, -0.2) is 8.42 Å². The Morgan fingerprint density at radius 3 is 2.24 bits per heavy atom. The van der Waals surface area contributed by atoms with Crippen molar-refractivity contribution in [2.45, 2.75) is 10.2 Å². The van der Waals surface area contributed by atoms with Crippen LogP contribution in [0.5, 0.6) is 0 Å². The number of hydrogen-bond acceptors (Lipinski definition) is 3. The van der Waals surface area contributed by atoms with E-state index in [9.17, 15) is 13.7 Å². The number of hydrogen-bond donors (Lipinski definition) is 0. The van der Waals surface area contributed by atoms with Gasteiger partial charge in [-0.25, -0.2) is 8.42 Å². The predicted molar refractivity (Wildman–Crippen MR) is 86.3 cm³/mol. The fourth-order valence-electron chi connectivity index (χ4n) is 1.75. The number of rotatable bonds is 4. The van der Waals surface area contributed by atoms with Gasteiger partial charge in [0.05, 0.1) is 4.90 Å². The van der Waals surface area contributed by atoms with Crippen LogP contribution >= 0.6 is 15.9 Å². The van der Waals surface area contributed by atoms with Gasteiger partial charge in [-0.2, -0.15) is 5.26 Å². The predicted octanol–water partition coefficient (Wildman–Crippen LogP) is 3.92. The fraction of sp³-hybridized carbons (Fsp3) is 0.0625. The number of halogens is 1. The first-order valence-corrected chi connectivity index (χ1v) is 8.75. The quantitative estimate of drug-likeness (QED) is 0.612. The molecule has 5 heteroatoms. The average Bonchev–Trinajstić information content (AvgIpc) is 2.53. The van der Waals surface area contributed by atoms with E-state index in [1.165, 1.54) is 18.2 Å². The fourth-order valence-corrected chi connectivity index (χ4v) is 3.31. The molecule has 0 atom stereocenters. The van der Waals surface area contributed by atoms with E-state index < -0.39 is 9.84 Å². The maximum Gasteiger partial charge on any atom is 0.216 e. The lowest BCUT2D eigenvalue weighted by atomic mass is 10.1. The Hall–Kier alpha value is -1.90. The summed E-state index contributed by atoms with van der Waals surface area (Å²) in [4.78, 5) is -0.143. The molecule has 0 spiro atoms. The van der Waals surface area contributed by atoms with Gasteiger partial charge in [0.1, 0.15) is 11.0 Å². The third-order valence-corrected chi connectivity index (χ3v) is 5.21. The summed E-state index contributed by atoms with van der Waals surface area (Å²) in [5.41, 5.74) is 1.76. The summed E-state index contributed by atoms with van der Waals surface area (Å²) in [5, 5.41) is 9.91. The van der Waals surface area contributed by atoms with Crippen molar-refractivity contribution >= 4 is 31.8 Å². The molecule has 0 amide bonds. The second kappa shape index (κ2) is 6.70. The average molecular weight is 362 g/mol. The molecule has 0 saturated carbocycles. The van der Waals surface area contributed by atoms with E-state index in [4.69, 9.17) is 0 Å². The van der Waals surface area contributed by atoms with Gasteiger partial charge in [-0.1, -0.05) is 58.4 Å². The Morgan fingerprint density at radius 2 is 1.71 bits per heavy atom. The first-order chi connectivity index (χ1) is 10.1. The highest BCUT2D eigenvalue weighted by molar-refractivity contribution is 9.08. The van der Waals surface area contributed by atoms with E-state index in [0.29, 0.717) is 5.56 Å². The van der Waals surface area contributed by atoms with Crippen LogP contribution in [0, 0.1) is 11.3 Å². The van der Waals surface area contributed by atoms with Gasteiger partial charge in [-0.05, 0) is 29.3 Å². The molecule has 3 nitrogen and oxygen atoms in total. The van der Waals surface area contributed by atoms with Gasteiger partial charge in [0.2, 0.25) is 9.84 Å². The summed E-state index contributed by atoms with van der Waals surface area (Å²) < 4.78 is 24.8. The zero-order valence-corrected chi connectivity index (χ0v) is 13.4. The Bertz CT molecular complexity index is 788. The Labute approximate surface area is 132 Å². The number of nitriles is 1. The van der Waals surface area contributed by atoms with Gasteiger partial charge in [0.15, 0.2) is 0 Å². The van der Waals surface area contributed by atoms with Crippen LogP contribution in [0.1, 0.15) is 11.1 Å². The highest BCUT2D eigenvalue weighted by atomic mass is 79.9. The lowest BCUT2D eigenvalue weighted by Gasteiger charge is -2.03. The molecule has 0 saturated heterocycles. The van der Waals surface area contributed by atoms with E-state index in [1.807, 2.05) is 12.1 Å². The number of nitrogens with zero attached hydrogens (tertiary/aromatic N) is 1. The minimum atomic E-state index is -3.77. The van der Waals surface area contributed by atoms with Gasteiger partial charge >= 0.3 is 0 Å². The number of allylic oxidation sites excluding steroid dienone is 1. The summed E-state index contributed by atoms with van der Waals surface area (Å²) in [6.07, 6.45) is 1.39. The summed E-state index contributed by atoms with van der Waals surface area (Å²) in [5.74, 6) is 0. The molecular weight excluding hydrogens is 350 g/mol. The molecule has 0 unspecified atom stereocenters. The summed E-state index contributed by atoms with van der Waals surface area (Å²) in [6, 6.07) is 17.1. The molecule has 0 fully saturated rings. The van der Waals surface area contributed by atoms with Gasteiger partial charge in [0.25, 0.3) is 0 Å². The molecule has 0 aliphatic heterocycles. The van der Waals surface area contributed by atoms with Crippen LogP contribution in [0.3, 0.4) is 0 Å². The van der Waals surface area contributed by atoms with Crippen LogP contribution in [0.25, 0.3) is 6.08 Å². The maximum atomic E-state index is 12.4. The minimum Gasteiger partial charge on any atom is -0.218 e. The van der Waals surface area contributed by atoms with Crippen molar-refractivity contribution in [3.63, 3.8) is 0 Å². The monoisotopic (exact) mass is 361 g/mol.